The summed E-state index contributed by atoms with van der Waals surface area (Å²) in [5, 5.41) is 0. The number of rotatable bonds is 8. The van der Waals surface area contributed by atoms with Crippen molar-refractivity contribution < 1.29 is 0 Å². The van der Waals surface area contributed by atoms with Crippen molar-refractivity contribution in [2.24, 2.45) is 5.92 Å². The molecular weight excluding hydrogens is 358 g/mol. The lowest BCUT2D eigenvalue weighted by Crippen LogP contribution is -2.58. The number of aromatic nitrogens is 2. The monoisotopic (exact) mass is 401 g/mol. The molecule has 1 aromatic rings. The number of likely N-dealkylation sites (N-methyl/N-ethyl adjacent to an activating group) is 1. The van der Waals surface area contributed by atoms with E-state index in [2.05, 4.69) is 61.8 Å². The van der Waals surface area contributed by atoms with Crippen LogP contribution in [0.4, 0.5) is 5.95 Å². The SMILES string of the molecule is CCC1CN(C)CC(CC)N1c1ncc(C2CCN(CCCC(C)C)CC2)cn1. The highest BCUT2D eigenvalue weighted by Crippen LogP contribution is 2.29. The van der Waals surface area contributed by atoms with Gasteiger partial charge in [0.2, 0.25) is 5.95 Å². The lowest BCUT2D eigenvalue weighted by Gasteiger charge is -2.45. The van der Waals surface area contributed by atoms with Crippen LogP contribution in [0.15, 0.2) is 12.4 Å². The second-order valence-electron chi connectivity index (χ2n) is 9.72. The summed E-state index contributed by atoms with van der Waals surface area (Å²) >= 11 is 0. The predicted octanol–water partition coefficient (Wildman–Crippen LogP) is 4.40. The Morgan fingerprint density at radius 2 is 1.59 bits per heavy atom. The third kappa shape index (κ3) is 5.91. The Balaban J connectivity index is 1.57. The minimum Gasteiger partial charge on any atom is -0.332 e. The van der Waals surface area contributed by atoms with Crippen LogP contribution < -0.4 is 4.90 Å². The summed E-state index contributed by atoms with van der Waals surface area (Å²) in [4.78, 5) is 17.3. The van der Waals surface area contributed by atoms with Crippen LogP contribution in [0.2, 0.25) is 0 Å². The number of nitrogens with zero attached hydrogens (tertiary/aromatic N) is 5. The molecule has 0 radical (unpaired) electrons. The first-order chi connectivity index (χ1) is 14.0. The number of anilines is 1. The molecule has 29 heavy (non-hydrogen) atoms. The summed E-state index contributed by atoms with van der Waals surface area (Å²) in [5.41, 5.74) is 1.34. The molecule has 164 valence electrons. The first kappa shape index (κ1) is 22.5. The smallest absolute Gasteiger partial charge is 0.225 e. The molecule has 2 saturated heterocycles. The third-order valence-corrected chi connectivity index (χ3v) is 6.98. The van der Waals surface area contributed by atoms with E-state index >= 15 is 0 Å². The van der Waals surface area contributed by atoms with Crippen molar-refractivity contribution in [1.82, 2.24) is 19.8 Å². The van der Waals surface area contributed by atoms with E-state index in [-0.39, 0.29) is 0 Å². The number of piperazine rings is 1. The van der Waals surface area contributed by atoms with Gasteiger partial charge < -0.3 is 14.7 Å². The quantitative estimate of drug-likeness (QED) is 0.645. The van der Waals surface area contributed by atoms with Crippen molar-refractivity contribution in [3.63, 3.8) is 0 Å². The van der Waals surface area contributed by atoms with E-state index in [1.54, 1.807) is 0 Å². The zero-order valence-corrected chi connectivity index (χ0v) is 19.5. The maximum Gasteiger partial charge on any atom is 0.225 e. The molecule has 0 aromatic carbocycles. The van der Waals surface area contributed by atoms with Crippen LogP contribution in [0.25, 0.3) is 0 Å². The van der Waals surface area contributed by atoms with E-state index in [1.165, 1.54) is 50.9 Å². The van der Waals surface area contributed by atoms with Crippen LogP contribution in [-0.2, 0) is 0 Å². The molecule has 0 spiro atoms. The largest absolute Gasteiger partial charge is 0.332 e. The fraction of sp³-hybridized carbons (Fsp3) is 0.833. The highest BCUT2D eigenvalue weighted by molar-refractivity contribution is 5.36. The van der Waals surface area contributed by atoms with Gasteiger partial charge >= 0.3 is 0 Å². The summed E-state index contributed by atoms with van der Waals surface area (Å²) in [7, 11) is 2.24. The molecule has 0 aliphatic carbocycles. The Hall–Kier alpha value is -1.20. The fourth-order valence-electron chi connectivity index (χ4n) is 5.13. The molecule has 5 nitrogen and oxygen atoms in total. The molecular formula is C24H43N5. The summed E-state index contributed by atoms with van der Waals surface area (Å²) in [5.74, 6) is 2.39. The molecule has 0 bridgehead atoms. The number of likely N-dealkylation sites (tertiary alicyclic amines) is 1. The maximum absolute atomic E-state index is 4.87. The molecule has 0 N–H and O–H groups in total. The second kappa shape index (κ2) is 10.7. The average Bonchev–Trinajstić information content (AvgIpc) is 2.73. The molecule has 0 amide bonds. The molecule has 2 unspecified atom stereocenters. The molecule has 0 saturated carbocycles. The Morgan fingerprint density at radius 3 is 2.10 bits per heavy atom. The van der Waals surface area contributed by atoms with Crippen molar-refractivity contribution in [2.45, 2.75) is 84.2 Å². The molecule has 1 aromatic heterocycles. The highest BCUT2D eigenvalue weighted by atomic mass is 15.4. The van der Waals surface area contributed by atoms with Crippen LogP contribution in [0.1, 0.15) is 77.7 Å². The van der Waals surface area contributed by atoms with Gasteiger partial charge in [-0.1, -0.05) is 27.7 Å². The molecule has 3 heterocycles. The van der Waals surface area contributed by atoms with Gasteiger partial charge in [0.1, 0.15) is 0 Å². The van der Waals surface area contributed by atoms with E-state index < -0.39 is 0 Å². The Morgan fingerprint density at radius 1 is 1.00 bits per heavy atom. The normalized spacial score (nSPS) is 25.1. The zero-order valence-electron chi connectivity index (χ0n) is 19.5. The summed E-state index contributed by atoms with van der Waals surface area (Å²) < 4.78 is 0. The van der Waals surface area contributed by atoms with E-state index in [9.17, 15) is 0 Å². The zero-order chi connectivity index (χ0) is 20.8. The maximum atomic E-state index is 4.87. The summed E-state index contributed by atoms with van der Waals surface area (Å²) in [6.07, 6.45) is 11.7. The third-order valence-electron chi connectivity index (χ3n) is 6.98. The summed E-state index contributed by atoms with van der Waals surface area (Å²) in [6.45, 7) is 15.1. The van der Waals surface area contributed by atoms with Gasteiger partial charge in [-0.3, -0.25) is 0 Å². The van der Waals surface area contributed by atoms with Gasteiger partial charge in [-0.05, 0) is 82.6 Å². The molecule has 2 fully saturated rings. The second-order valence-corrected chi connectivity index (χ2v) is 9.72. The van der Waals surface area contributed by atoms with Crippen molar-refractivity contribution in [1.29, 1.82) is 0 Å². The van der Waals surface area contributed by atoms with Gasteiger partial charge in [-0.15, -0.1) is 0 Å². The number of piperidine rings is 1. The Labute approximate surface area is 178 Å². The first-order valence-corrected chi connectivity index (χ1v) is 12.0. The van der Waals surface area contributed by atoms with E-state index in [4.69, 9.17) is 9.97 Å². The standard InChI is InChI=1S/C24H43N5/c1-6-22-17-27(5)18-23(7-2)29(22)24-25-15-21(16-26-24)20-10-13-28(14-11-20)12-8-9-19(3)4/h15-16,19-20,22-23H,6-14,17-18H2,1-5H3. The topological polar surface area (TPSA) is 35.5 Å². The molecule has 2 aliphatic rings. The van der Waals surface area contributed by atoms with Gasteiger partial charge in [-0.25, -0.2) is 9.97 Å². The number of hydrogen-bond acceptors (Lipinski definition) is 5. The van der Waals surface area contributed by atoms with Crippen molar-refractivity contribution in [3.05, 3.63) is 18.0 Å². The Kier molecular flexibility index (Phi) is 8.31. The lowest BCUT2D eigenvalue weighted by molar-refractivity contribution is 0.205. The average molecular weight is 402 g/mol. The molecule has 2 aliphatic heterocycles. The van der Waals surface area contributed by atoms with Crippen molar-refractivity contribution >= 4 is 5.95 Å². The highest BCUT2D eigenvalue weighted by Gasteiger charge is 2.33. The van der Waals surface area contributed by atoms with Crippen LogP contribution >= 0.6 is 0 Å². The van der Waals surface area contributed by atoms with Gasteiger partial charge in [0.25, 0.3) is 0 Å². The van der Waals surface area contributed by atoms with Crippen molar-refractivity contribution in [3.8, 4) is 0 Å². The van der Waals surface area contributed by atoms with Gasteiger partial charge in [0, 0.05) is 37.6 Å². The Bertz CT molecular complexity index is 580. The molecule has 3 rings (SSSR count). The predicted molar refractivity (Wildman–Crippen MR) is 123 cm³/mol. The van der Waals surface area contributed by atoms with Crippen LogP contribution in [0.5, 0.6) is 0 Å². The van der Waals surface area contributed by atoms with Gasteiger partial charge in [0.05, 0.1) is 0 Å². The van der Waals surface area contributed by atoms with E-state index in [0.717, 1.165) is 37.8 Å². The minimum absolute atomic E-state index is 0.513. The minimum atomic E-state index is 0.513. The van der Waals surface area contributed by atoms with Crippen LogP contribution in [-0.4, -0.2) is 71.6 Å². The van der Waals surface area contributed by atoms with E-state index in [0.29, 0.717) is 18.0 Å². The van der Waals surface area contributed by atoms with Crippen LogP contribution in [0.3, 0.4) is 0 Å². The number of hydrogen-bond donors (Lipinski definition) is 0. The molecule has 5 heteroatoms. The lowest BCUT2D eigenvalue weighted by atomic mass is 9.91. The van der Waals surface area contributed by atoms with E-state index in [1.807, 2.05) is 0 Å². The van der Waals surface area contributed by atoms with Crippen molar-refractivity contribution in [2.75, 3.05) is 44.7 Å². The van der Waals surface area contributed by atoms with Gasteiger partial charge in [0.15, 0.2) is 0 Å². The fourth-order valence-corrected chi connectivity index (χ4v) is 5.13. The van der Waals surface area contributed by atoms with Crippen LogP contribution in [0, 0.1) is 5.92 Å². The summed E-state index contributed by atoms with van der Waals surface area (Å²) in [6, 6.07) is 1.03. The van der Waals surface area contributed by atoms with Gasteiger partial charge in [-0.2, -0.15) is 0 Å². The molecule has 2 atom stereocenters. The first-order valence-electron chi connectivity index (χ1n) is 12.0.